The van der Waals surface area contributed by atoms with E-state index < -0.39 is 6.61 Å². The Kier molecular flexibility index (Phi) is 16.5. The highest BCUT2D eigenvalue weighted by Crippen LogP contribution is 2.14. The number of rotatable bonds is 20. The van der Waals surface area contributed by atoms with Crippen LogP contribution >= 0.6 is 0 Å². The van der Waals surface area contributed by atoms with Gasteiger partial charge in [-0.05, 0) is 30.7 Å². The lowest BCUT2D eigenvalue weighted by Crippen LogP contribution is -2.05. The third kappa shape index (κ3) is 14.3. The molecule has 3 heteroatoms. The number of hydrogen-bond donors (Lipinski definition) is 2. The lowest BCUT2D eigenvalue weighted by molar-refractivity contribution is 0.0904. The molecule has 0 saturated heterocycles. The highest BCUT2D eigenvalue weighted by atomic mass is 16.3. The van der Waals surface area contributed by atoms with Crippen molar-refractivity contribution in [2.75, 3.05) is 18.5 Å². The van der Waals surface area contributed by atoms with Crippen LogP contribution in [0.4, 0.5) is 5.69 Å². The molecule has 1 rings (SSSR count). The highest BCUT2D eigenvalue weighted by Gasteiger charge is 2.03. The fraction of sp³-hybridized carbons (Fsp3) is 0.731. The first-order valence-electron chi connectivity index (χ1n) is 12.3. The molecule has 0 unspecified atom stereocenters. The summed E-state index contributed by atoms with van der Waals surface area (Å²) in [4.78, 5) is 11.4. The number of hydrogen-bond acceptors (Lipinski definition) is 3. The predicted octanol–water partition coefficient (Wildman–Crippen LogP) is 7.54. The first-order valence-corrected chi connectivity index (χ1v) is 12.3. The molecule has 0 saturated carbocycles. The van der Waals surface area contributed by atoms with Crippen LogP contribution in [0.1, 0.15) is 120 Å². The van der Waals surface area contributed by atoms with E-state index in [4.69, 9.17) is 5.11 Å². The SMILES string of the molecule is CCCCCCCCCCCCCCCCCCNc1ccc(C(=O)CO)cc1. The molecule has 166 valence electrons. The maximum atomic E-state index is 11.4. The van der Waals surface area contributed by atoms with Crippen molar-refractivity contribution in [3.05, 3.63) is 29.8 Å². The molecule has 3 nitrogen and oxygen atoms in total. The summed E-state index contributed by atoms with van der Waals surface area (Å²) in [5.74, 6) is -0.227. The molecule has 0 aromatic heterocycles. The molecule has 0 aliphatic heterocycles. The Hall–Kier alpha value is -1.35. The summed E-state index contributed by atoms with van der Waals surface area (Å²) in [6.07, 6.45) is 22.3. The van der Waals surface area contributed by atoms with Gasteiger partial charge >= 0.3 is 0 Å². The number of ketones is 1. The second kappa shape index (κ2) is 18.7. The topological polar surface area (TPSA) is 49.3 Å². The van der Waals surface area contributed by atoms with Crippen LogP contribution in [-0.4, -0.2) is 24.0 Å². The molecule has 0 radical (unpaired) electrons. The number of carbonyl (C=O) groups is 1. The largest absolute Gasteiger partial charge is 0.388 e. The highest BCUT2D eigenvalue weighted by molar-refractivity contribution is 5.97. The standard InChI is InChI=1S/C26H45NO2/c1-2-3-4-5-6-7-8-9-10-11-12-13-14-15-16-17-22-27-25-20-18-24(19-21-25)26(29)23-28/h18-21,27-28H,2-17,22-23H2,1H3. The molecule has 0 aliphatic carbocycles. The lowest BCUT2D eigenvalue weighted by atomic mass is 10.0. The van der Waals surface area contributed by atoms with E-state index in [1.807, 2.05) is 12.1 Å². The van der Waals surface area contributed by atoms with Gasteiger partial charge in [0.25, 0.3) is 0 Å². The normalized spacial score (nSPS) is 11.0. The van der Waals surface area contributed by atoms with Gasteiger partial charge in [-0.1, -0.05) is 103 Å². The molecule has 29 heavy (non-hydrogen) atoms. The molecule has 0 aliphatic rings. The van der Waals surface area contributed by atoms with E-state index in [-0.39, 0.29) is 5.78 Å². The van der Waals surface area contributed by atoms with Crippen LogP contribution in [0.5, 0.6) is 0 Å². The van der Waals surface area contributed by atoms with Crippen molar-refractivity contribution < 1.29 is 9.90 Å². The Bertz CT molecular complexity index is 498. The van der Waals surface area contributed by atoms with E-state index in [9.17, 15) is 4.79 Å². The second-order valence-electron chi connectivity index (χ2n) is 8.39. The molecular weight excluding hydrogens is 358 g/mol. The average Bonchev–Trinajstić information content (AvgIpc) is 2.75. The number of unbranched alkanes of at least 4 members (excludes halogenated alkanes) is 15. The van der Waals surface area contributed by atoms with Crippen molar-refractivity contribution in [1.82, 2.24) is 0 Å². The Labute approximate surface area is 179 Å². The zero-order chi connectivity index (χ0) is 21.0. The van der Waals surface area contributed by atoms with Crippen molar-refractivity contribution in [2.24, 2.45) is 0 Å². The molecule has 1 aromatic carbocycles. The number of benzene rings is 1. The number of aliphatic hydroxyl groups is 1. The molecule has 0 bridgehead atoms. The van der Waals surface area contributed by atoms with E-state index in [1.54, 1.807) is 12.1 Å². The van der Waals surface area contributed by atoms with Crippen molar-refractivity contribution in [3.63, 3.8) is 0 Å². The van der Waals surface area contributed by atoms with Gasteiger partial charge in [-0.25, -0.2) is 0 Å². The number of anilines is 1. The van der Waals surface area contributed by atoms with Crippen LogP contribution in [0, 0.1) is 0 Å². The zero-order valence-electron chi connectivity index (χ0n) is 18.9. The fourth-order valence-corrected chi connectivity index (χ4v) is 3.77. The van der Waals surface area contributed by atoms with Crippen LogP contribution in [-0.2, 0) is 0 Å². The summed E-state index contributed by atoms with van der Waals surface area (Å²) in [6.45, 7) is 2.84. The van der Waals surface area contributed by atoms with Crippen LogP contribution in [0.15, 0.2) is 24.3 Å². The second-order valence-corrected chi connectivity index (χ2v) is 8.39. The Morgan fingerprint density at radius 2 is 1.10 bits per heavy atom. The summed E-state index contributed by atoms with van der Waals surface area (Å²) in [6, 6.07) is 7.37. The summed E-state index contributed by atoms with van der Waals surface area (Å²) in [5.41, 5.74) is 1.61. The quantitative estimate of drug-likeness (QED) is 0.175. The molecule has 0 amide bonds. The minimum Gasteiger partial charge on any atom is -0.388 e. The molecule has 1 aromatic rings. The molecule has 0 spiro atoms. The molecule has 0 heterocycles. The van der Waals surface area contributed by atoms with Gasteiger partial charge in [0.15, 0.2) is 5.78 Å². The van der Waals surface area contributed by atoms with E-state index in [1.165, 1.54) is 103 Å². The van der Waals surface area contributed by atoms with E-state index >= 15 is 0 Å². The van der Waals surface area contributed by atoms with Gasteiger partial charge in [0.2, 0.25) is 0 Å². The van der Waals surface area contributed by atoms with Crippen LogP contribution < -0.4 is 5.32 Å². The third-order valence-corrected chi connectivity index (χ3v) is 5.71. The van der Waals surface area contributed by atoms with Gasteiger partial charge in [0, 0.05) is 17.8 Å². The van der Waals surface area contributed by atoms with Gasteiger partial charge in [-0.3, -0.25) is 4.79 Å². The van der Waals surface area contributed by atoms with Gasteiger partial charge in [0.05, 0.1) is 0 Å². The number of aliphatic hydroxyl groups excluding tert-OH is 1. The summed E-state index contributed by atoms with van der Waals surface area (Å²) >= 11 is 0. The summed E-state index contributed by atoms with van der Waals surface area (Å²) in [5, 5.41) is 12.3. The molecule has 0 fully saturated rings. The average molecular weight is 404 g/mol. The third-order valence-electron chi connectivity index (χ3n) is 5.71. The first-order chi connectivity index (χ1) is 14.3. The number of carbonyl (C=O) groups excluding carboxylic acids is 1. The maximum absolute atomic E-state index is 11.4. The van der Waals surface area contributed by atoms with Crippen molar-refractivity contribution in [3.8, 4) is 0 Å². The Morgan fingerprint density at radius 3 is 1.52 bits per heavy atom. The number of Topliss-reactive ketones (excluding diaryl/α,β-unsaturated/α-hetero) is 1. The smallest absolute Gasteiger partial charge is 0.188 e. The minimum atomic E-state index is -0.425. The minimum absolute atomic E-state index is 0.227. The Balaban J connectivity index is 1.82. The first kappa shape index (κ1) is 25.7. The van der Waals surface area contributed by atoms with E-state index in [0.29, 0.717) is 5.56 Å². The van der Waals surface area contributed by atoms with Gasteiger partial charge in [-0.15, -0.1) is 0 Å². The summed E-state index contributed by atoms with van der Waals surface area (Å²) < 4.78 is 0. The zero-order valence-corrected chi connectivity index (χ0v) is 18.9. The molecular formula is C26H45NO2. The number of nitrogens with one attached hydrogen (secondary N) is 1. The van der Waals surface area contributed by atoms with E-state index in [0.717, 1.165) is 12.2 Å². The van der Waals surface area contributed by atoms with Crippen LogP contribution in [0.2, 0.25) is 0 Å². The van der Waals surface area contributed by atoms with Crippen molar-refractivity contribution in [2.45, 2.75) is 110 Å². The van der Waals surface area contributed by atoms with Gasteiger partial charge in [-0.2, -0.15) is 0 Å². The van der Waals surface area contributed by atoms with Crippen molar-refractivity contribution in [1.29, 1.82) is 0 Å². The van der Waals surface area contributed by atoms with Crippen LogP contribution in [0.25, 0.3) is 0 Å². The lowest BCUT2D eigenvalue weighted by Gasteiger charge is -2.07. The Morgan fingerprint density at radius 1 is 0.690 bits per heavy atom. The van der Waals surface area contributed by atoms with E-state index in [2.05, 4.69) is 12.2 Å². The summed E-state index contributed by atoms with van der Waals surface area (Å²) in [7, 11) is 0. The van der Waals surface area contributed by atoms with Crippen molar-refractivity contribution >= 4 is 11.5 Å². The molecule has 2 N–H and O–H groups in total. The predicted molar refractivity (Wildman–Crippen MR) is 126 cm³/mol. The monoisotopic (exact) mass is 403 g/mol. The van der Waals surface area contributed by atoms with Gasteiger partial charge < -0.3 is 10.4 Å². The van der Waals surface area contributed by atoms with Gasteiger partial charge in [0.1, 0.15) is 6.61 Å². The maximum Gasteiger partial charge on any atom is 0.188 e. The fourth-order valence-electron chi connectivity index (χ4n) is 3.77. The molecule has 0 atom stereocenters. The van der Waals surface area contributed by atoms with Crippen LogP contribution in [0.3, 0.4) is 0 Å².